The molecule has 0 amide bonds. The highest BCUT2D eigenvalue weighted by molar-refractivity contribution is 5.62. The summed E-state index contributed by atoms with van der Waals surface area (Å²) in [6.07, 6.45) is 2.95. The lowest BCUT2D eigenvalue weighted by Crippen LogP contribution is -2.05. The van der Waals surface area contributed by atoms with Crippen molar-refractivity contribution >= 4 is 0 Å². The Bertz CT molecular complexity index is 669. The van der Waals surface area contributed by atoms with E-state index in [-0.39, 0.29) is 0 Å². The molecule has 0 saturated heterocycles. The number of aryl methyl sites for hydroxylation is 3. The van der Waals surface area contributed by atoms with E-state index in [1.54, 1.807) is 0 Å². The topological polar surface area (TPSA) is 17.8 Å². The molecule has 1 heterocycles. The van der Waals surface area contributed by atoms with E-state index >= 15 is 0 Å². The molecule has 0 fully saturated rings. The van der Waals surface area contributed by atoms with Gasteiger partial charge in [0.15, 0.2) is 0 Å². The smallest absolute Gasteiger partial charge is 0.0711 e. The van der Waals surface area contributed by atoms with Gasteiger partial charge in [0.25, 0.3) is 0 Å². The predicted molar refractivity (Wildman–Crippen MR) is 82.5 cm³/mol. The summed E-state index contributed by atoms with van der Waals surface area (Å²) in [5, 5.41) is 4.52. The van der Waals surface area contributed by atoms with Crippen LogP contribution in [0.2, 0.25) is 0 Å². The summed E-state index contributed by atoms with van der Waals surface area (Å²) in [6.45, 7) is 3.02. The molecule has 3 aromatic rings. The minimum Gasteiger partial charge on any atom is -0.264 e. The molecule has 1 aromatic heterocycles. The molecule has 0 atom stereocenters. The second kappa shape index (κ2) is 5.74. The summed E-state index contributed by atoms with van der Waals surface area (Å²) in [5.41, 5.74) is 5.03. The van der Waals surface area contributed by atoms with Crippen molar-refractivity contribution in [1.82, 2.24) is 9.78 Å². The third-order valence-electron chi connectivity index (χ3n) is 3.52. The lowest BCUT2D eigenvalue weighted by Gasteiger charge is -2.09. The van der Waals surface area contributed by atoms with Gasteiger partial charge in [0.05, 0.1) is 11.9 Å². The van der Waals surface area contributed by atoms with Gasteiger partial charge in [-0.1, -0.05) is 60.7 Å². The lowest BCUT2D eigenvalue weighted by atomic mass is 10.1. The van der Waals surface area contributed by atoms with Gasteiger partial charge in [-0.3, -0.25) is 4.68 Å². The van der Waals surface area contributed by atoms with Crippen LogP contribution >= 0.6 is 0 Å². The van der Waals surface area contributed by atoms with Gasteiger partial charge >= 0.3 is 0 Å². The van der Waals surface area contributed by atoms with Crippen molar-refractivity contribution in [1.29, 1.82) is 0 Å². The molecular formula is C18H18N2. The SMILES string of the molecule is Cc1cnn(CCc2ccccc2)c1-c1ccccc1. The van der Waals surface area contributed by atoms with E-state index < -0.39 is 0 Å². The number of rotatable bonds is 4. The minimum absolute atomic E-state index is 0.905. The summed E-state index contributed by atoms with van der Waals surface area (Å²) in [4.78, 5) is 0. The van der Waals surface area contributed by atoms with Gasteiger partial charge in [-0.25, -0.2) is 0 Å². The van der Waals surface area contributed by atoms with Crippen LogP contribution in [0.25, 0.3) is 11.3 Å². The molecule has 0 aliphatic rings. The number of nitrogens with zero attached hydrogens (tertiary/aromatic N) is 2. The second-order valence-corrected chi connectivity index (χ2v) is 5.00. The maximum absolute atomic E-state index is 4.52. The Morgan fingerprint density at radius 1 is 0.900 bits per heavy atom. The first-order valence-electron chi connectivity index (χ1n) is 6.96. The Morgan fingerprint density at radius 3 is 2.25 bits per heavy atom. The summed E-state index contributed by atoms with van der Waals surface area (Å²) in [5.74, 6) is 0. The first-order valence-corrected chi connectivity index (χ1v) is 6.96. The van der Waals surface area contributed by atoms with E-state index in [4.69, 9.17) is 0 Å². The lowest BCUT2D eigenvalue weighted by molar-refractivity contribution is 0.621. The van der Waals surface area contributed by atoms with E-state index in [9.17, 15) is 0 Å². The Morgan fingerprint density at radius 2 is 1.55 bits per heavy atom. The molecule has 0 aliphatic carbocycles. The maximum Gasteiger partial charge on any atom is 0.0711 e. The largest absolute Gasteiger partial charge is 0.264 e. The van der Waals surface area contributed by atoms with Crippen LogP contribution in [0.4, 0.5) is 0 Å². The van der Waals surface area contributed by atoms with Crippen molar-refractivity contribution in [3.05, 3.63) is 78.0 Å². The zero-order valence-electron chi connectivity index (χ0n) is 11.7. The molecule has 0 aliphatic heterocycles. The van der Waals surface area contributed by atoms with Gasteiger partial charge in [0, 0.05) is 12.1 Å². The van der Waals surface area contributed by atoms with Gasteiger partial charge in [-0.2, -0.15) is 5.10 Å². The predicted octanol–water partition coefficient (Wildman–Crippen LogP) is 4.10. The molecule has 100 valence electrons. The summed E-state index contributed by atoms with van der Waals surface area (Å²) >= 11 is 0. The first-order chi connectivity index (χ1) is 9.84. The molecule has 0 bridgehead atoms. The standard InChI is InChI=1S/C18H18N2/c1-15-14-19-20(13-12-16-8-4-2-5-9-16)18(15)17-10-6-3-7-11-17/h2-11,14H,12-13H2,1H3. The van der Waals surface area contributed by atoms with E-state index in [2.05, 4.69) is 71.3 Å². The molecule has 20 heavy (non-hydrogen) atoms. The first kappa shape index (κ1) is 12.7. The zero-order valence-corrected chi connectivity index (χ0v) is 11.7. The Kier molecular flexibility index (Phi) is 3.64. The van der Waals surface area contributed by atoms with Crippen LogP contribution in [0.3, 0.4) is 0 Å². The molecule has 0 spiro atoms. The second-order valence-electron chi connectivity index (χ2n) is 5.00. The number of hydrogen-bond acceptors (Lipinski definition) is 1. The normalized spacial score (nSPS) is 10.7. The fourth-order valence-corrected chi connectivity index (χ4v) is 2.50. The number of aromatic nitrogens is 2. The van der Waals surface area contributed by atoms with E-state index in [0.29, 0.717) is 0 Å². The van der Waals surface area contributed by atoms with E-state index in [0.717, 1.165) is 13.0 Å². The van der Waals surface area contributed by atoms with Crippen molar-refractivity contribution in [2.24, 2.45) is 0 Å². The van der Waals surface area contributed by atoms with Gasteiger partial charge in [0.2, 0.25) is 0 Å². The van der Waals surface area contributed by atoms with Gasteiger partial charge in [0.1, 0.15) is 0 Å². The average Bonchev–Trinajstić information content (AvgIpc) is 2.88. The molecule has 3 rings (SSSR count). The summed E-state index contributed by atoms with van der Waals surface area (Å²) < 4.78 is 2.11. The van der Waals surface area contributed by atoms with Crippen molar-refractivity contribution < 1.29 is 0 Å². The van der Waals surface area contributed by atoms with Crippen molar-refractivity contribution in [3.63, 3.8) is 0 Å². The fourth-order valence-electron chi connectivity index (χ4n) is 2.50. The molecular weight excluding hydrogens is 244 g/mol. The quantitative estimate of drug-likeness (QED) is 0.692. The Labute approximate surface area is 119 Å². The van der Waals surface area contributed by atoms with Crippen LogP contribution in [0.15, 0.2) is 66.9 Å². The van der Waals surface area contributed by atoms with Crippen molar-refractivity contribution in [3.8, 4) is 11.3 Å². The molecule has 0 N–H and O–H groups in total. The molecule has 0 saturated carbocycles. The van der Waals surface area contributed by atoms with Crippen LogP contribution in [0.1, 0.15) is 11.1 Å². The molecule has 0 radical (unpaired) electrons. The van der Waals surface area contributed by atoms with Crippen LogP contribution < -0.4 is 0 Å². The highest BCUT2D eigenvalue weighted by atomic mass is 15.3. The van der Waals surface area contributed by atoms with Gasteiger partial charge in [-0.15, -0.1) is 0 Å². The summed E-state index contributed by atoms with van der Waals surface area (Å²) in [7, 11) is 0. The molecule has 2 aromatic carbocycles. The molecule has 0 unspecified atom stereocenters. The Hall–Kier alpha value is -2.35. The van der Waals surface area contributed by atoms with Crippen LogP contribution in [-0.2, 0) is 13.0 Å². The third kappa shape index (κ3) is 2.64. The third-order valence-corrected chi connectivity index (χ3v) is 3.52. The van der Waals surface area contributed by atoms with Crippen LogP contribution in [0, 0.1) is 6.92 Å². The van der Waals surface area contributed by atoms with Crippen molar-refractivity contribution in [2.45, 2.75) is 19.9 Å². The van der Waals surface area contributed by atoms with Crippen molar-refractivity contribution in [2.75, 3.05) is 0 Å². The van der Waals surface area contributed by atoms with Crippen LogP contribution in [0.5, 0.6) is 0 Å². The van der Waals surface area contributed by atoms with Gasteiger partial charge < -0.3 is 0 Å². The van der Waals surface area contributed by atoms with Gasteiger partial charge in [-0.05, 0) is 24.5 Å². The minimum atomic E-state index is 0.905. The number of hydrogen-bond donors (Lipinski definition) is 0. The zero-order chi connectivity index (χ0) is 13.8. The highest BCUT2D eigenvalue weighted by Gasteiger charge is 2.09. The maximum atomic E-state index is 4.52. The molecule has 2 nitrogen and oxygen atoms in total. The van der Waals surface area contributed by atoms with E-state index in [1.807, 2.05) is 12.3 Å². The fraction of sp³-hybridized carbons (Fsp3) is 0.167. The van der Waals surface area contributed by atoms with Crippen LogP contribution in [-0.4, -0.2) is 9.78 Å². The Balaban J connectivity index is 1.85. The monoisotopic (exact) mass is 262 g/mol. The number of benzene rings is 2. The molecule has 2 heteroatoms. The van der Waals surface area contributed by atoms with E-state index in [1.165, 1.54) is 22.4 Å². The summed E-state index contributed by atoms with van der Waals surface area (Å²) in [6, 6.07) is 21.0. The average molecular weight is 262 g/mol. The highest BCUT2D eigenvalue weighted by Crippen LogP contribution is 2.23.